The predicted molar refractivity (Wildman–Crippen MR) is 80.5 cm³/mol. The van der Waals surface area contributed by atoms with Gasteiger partial charge in [0.05, 0.1) is 19.3 Å². The molecule has 1 rings (SSSR count). The third-order valence-corrected chi connectivity index (χ3v) is 4.09. The van der Waals surface area contributed by atoms with Gasteiger partial charge < -0.3 is 14.9 Å². The first kappa shape index (κ1) is 16.5. The first-order chi connectivity index (χ1) is 9.03. The molecule has 0 aliphatic heterocycles. The molecule has 0 fully saturated rings. The van der Waals surface area contributed by atoms with Crippen molar-refractivity contribution in [3.63, 3.8) is 0 Å². The fourth-order valence-electron chi connectivity index (χ4n) is 2.34. The van der Waals surface area contributed by atoms with E-state index in [1.54, 1.807) is 7.11 Å². The van der Waals surface area contributed by atoms with Crippen molar-refractivity contribution in [2.45, 2.75) is 45.3 Å². The minimum absolute atomic E-state index is 0.133. The summed E-state index contributed by atoms with van der Waals surface area (Å²) in [6.07, 6.45) is 0.654. The van der Waals surface area contributed by atoms with Crippen molar-refractivity contribution in [3.8, 4) is 5.75 Å². The van der Waals surface area contributed by atoms with Crippen LogP contribution in [0.1, 0.15) is 32.3 Å². The van der Waals surface area contributed by atoms with Gasteiger partial charge in [-0.05, 0) is 29.7 Å². The molecule has 0 aliphatic carbocycles. The summed E-state index contributed by atoms with van der Waals surface area (Å²) in [5.74, 6) is 0.868. The van der Waals surface area contributed by atoms with Crippen molar-refractivity contribution in [3.05, 3.63) is 28.2 Å². The quantitative estimate of drug-likeness (QED) is 0.807. The number of hydrogen-bond acceptors (Lipinski definition) is 3. The first-order valence-electron chi connectivity index (χ1n) is 6.71. The molecule has 108 valence electrons. The van der Waals surface area contributed by atoms with Crippen LogP contribution in [0.3, 0.4) is 0 Å². The van der Waals surface area contributed by atoms with Gasteiger partial charge in [-0.1, -0.05) is 42.6 Å². The Morgan fingerprint density at radius 1 is 1.21 bits per heavy atom. The molecule has 4 heteroatoms. The van der Waals surface area contributed by atoms with Crippen molar-refractivity contribution in [2.24, 2.45) is 5.92 Å². The predicted octanol–water partition coefficient (Wildman–Crippen LogP) is 3.16. The number of aliphatic hydroxyl groups is 2. The SMILES string of the molecule is CCC(CC)C(O)C(O)Cc1cc(Br)ccc1OC. The lowest BCUT2D eigenvalue weighted by Gasteiger charge is -2.25. The standard InChI is InChI=1S/C15H23BrO3/c1-4-10(5-2)15(18)13(17)9-11-8-12(16)6-7-14(11)19-3/h6-8,10,13,15,17-18H,4-5,9H2,1-3H3. The molecule has 0 spiro atoms. The average Bonchev–Trinajstić information content (AvgIpc) is 2.40. The number of ether oxygens (including phenoxy) is 1. The third kappa shape index (κ3) is 4.48. The normalized spacial score (nSPS) is 14.5. The van der Waals surface area contributed by atoms with Crippen LogP contribution < -0.4 is 4.74 Å². The average molecular weight is 331 g/mol. The number of aliphatic hydroxyl groups excluding tert-OH is 2. The maximum absolute atomic E-state index is 10.2. The molecule has 0 aliphatic rings. The first-order valence-corrected chi connectivity index (χ1v) is 7.51. The minimum atomic E-state index is -0.770. The second-order valence-electron chi connectivity index (χ2n) is 4.79. The summed E-state index contributed by atoms with van der Waals surface area (Å²) in [6, 6.07) is 5.67. The lowest BCUT2D eigenvalue weighted by atomic mass is 9.90. The molecule has 1 aromatic rings. The van der Waals surface area contributed by atoms with Gasteiger partial charge in [-0.3, -0.25) is 0 Å². The molecule has 0 saturated carbocycles. The Kier molecular flexibility index (Phi) is 6.83. The third-order valence-electron chi connectivity index (χ3n) is 3.60. The van der Waals surface area contributed by atoms with E-state index in [0.29, 0.717) is 6.42 Å². The van der Waals surface area contributed by atoms with Gasteiger partial charge in [0.25, 0.3) is 0 Å². The van der Waals surface area contributed by atoms with Crippen molar-refractivity contribution in [1.29, 1.82) is 0 Å². The summed E-state index contributed by atoms with van der Waals surface area (Å²) in [6.45, 7) is 4.06. The minimum Gasteiger partial charge on any atom is -0.496 e. The molecule has 0 aromatic heterocycles. The van der Waals surface area contributed by atoms with Gasteiger partial charge in [-0.15, -0.1) is 0 Å². The van der Waals surface area contributed by atoms with Gasteiger partial charge in [-0.2, -0.15) is 0 Å². The Bertz CT molecular complexity index is 391. The largest absolute Gasteiger partial charge is 0.496 e. The fourth-order valence-corrected chi connectivity index (χ4v) is 2.75. The molecule has 1 aromatic carbocycles. The van der Waals surface area contributed by atoms with E-state index in [4.69, 9.17) is 4.74 Å². The summed E-state index contributed by atoms with van der Waals surface area (Å²) < 4.78 is 6.22. The Balaban J connectivity index is 2.81. The molecule has 0 saturated heterocycles. The highest BCUT2D eigenvalue weighted by molar-refractivity contribution is 9.10. The molecular formula is C15H23BrO3. The maximum Gasteiger partial charge on any atom is 0.122 e. The molecule has 2 unspecified atom stereocenters. The van der Waals surface area contributed by atoms with E-state index in [-0.39, 0.29) is 5.92 Å². The van der Waals surface area contributed by atoms with Crippen LogP contribution in [0.5, 0.6) is 5.75 Å². The molecule has 0 heterocycles. The van der Waals surface area contributed by atoms with Gasteiger partial charge in [0, 0.05) is 10.9 Å². The van der Waals surface area contributed by atoms with E-state index < -0.39 is 12.2 Å². The molecule has 0 amide bonds. The van der Waals surface area contributed by atoms with Gasteiger partial charge in [-0.25, -0.2) is 0 Å². The van der Waals surface area contributed by atoms with Crippen molar-refractivity contribution >= 4 is 15.9 Å². The molecule has 19 heavy (non-hydrogen) atoms. The highest BCUT2D eigenvalue weighted by Crippen LogP contribution is 2.26. The van der Waals surface area contributed by atoms with Crippen LogP contribution in [0.25, 0.3) is 0 Å². The van der Waals surface area contributed by atoms with Crippen LogP contribution in [0, 0.1) is 5.92 Å². The number of hydrogen-bond donors (Lipinski definition) is 2. The van der Waals surface area contributed by atoms with E-state index in [1.165, 1.54) is 0 Å². The van der Waals surface area contributed by atoms with Crippen LogP contribution >= 0.6 is 15.9 Å². The molecule has 0 bridgehead atoms. The number of benzene rings is 1. The van der Waals surface area contributed by atoms with Crippen molar-refractivity contribution in [2.75, 3.05) is 7.11 Å². The Labute approximate surface area is 123 Å². The second kappa shape index (κ2) is 7.88. The molecule has 2 N–H and O–H groups in total. The Morgan fingerprint density at radius 3 is 2.37 bits per heavy atom. The maximum atomic E-state index is 10.2. The zero-order valence-corrected chi connectivity index (χ0v) is 13.4. The Hall–Kier alpha value is -0.580. The molecule has 0 radical (unpaired) electrons. The zero-order valence-electron chi connectivity index (χ0n) is 11.8. The van der Waals surface area contributed by atoms with E-state index in [2.05, 4.69) is 15.9 Å². The van der Waals surface area contributed by atoms with Crippen LogP contribution in [0.15, 0.2) is 22.7 Å². The highest BCUT2D eigenvalue weighted by Gasteiger charge is 2.24. The van der Waals surface area contributed by atoms with Gasteiger partial charge in [0.1, 0.15) is 5.75 Å². The van der Waals surface area contributed by atoms with Crippen LogP contribution in [-0.2, 0) is 6.42 Å². The van der Waals surface area contributed by atoms with E-state index >= 15 is 0 Å². The van der Waals surface area contributed by atoms with Gasteiger partial charge in [0.15, 0.2) is 0 Å². The topological polar surface area (TPSA) is 49.7 Å². The summed E-state index contributed by atoms with van der Waals surface area (Å²) in [5.41, 5.74) is 0.898. The molecule has 2 atom stereocenters. The summed E-state index contributed by atoms with van der Waals surface area (Å²) in [4.78, 5) is 0. The summed E-state index contributed by atoms with van der Waals surface area (Å²) in [7, 11) is 1.61. The monoisotopic (exact) mass is 330 g/mol. The van der Waals surface area contributed by atoms with Crippen molar-refractivity contribution < 1.29 is 14.9 Å². The van der Waals surface area contributed by atoms with E-state index in [1.807, 2.05) is 32.0 Å². The summed E-state index contributed by atoms with van der Waals surface area (Å²) in [5, 5.41) is 20.4. The van der Waals surface area contributed by atoms with Gasteiger partial charge >= 0.3 is 0 Å². The van der Waals surface area contributed by atoms with Crippen LogP contribution in [0.4, 0.5) is 0 Å². The summed E-state index contributed by atoms with van der Waals surface area (Å²) >= 11 is 3.41. The highest BCUT2D eigenvalue weighted by atomic mass is 79.9. The molecular weight excluding hydrogens is 308 g/mol. The van der Waals surface area contributed by atoms with Crippen LogP contribution in [-0.4, -0.2) is 29.5 Å². The smallest absolute Gasteiger partial charge is 0.122 e. The Morgan fingerprint density at radius 2 is 1.84 bits per heavy atom. The lowest BCUT2D eigenvalue weighted by molar-refractivity contribution is -0.0189. The van der Waals surface area contributed by atoms with Gasteiger partial charge in [0.2, 0.25) is 0 Å². The number of rotatable bonds is 7. The molecule has 3 nitrogen and oxygen atoms in total. The number of methoxy groups -OCH3 is 1. The van der Waals surface area contributed by atoms with E-state index in [0.717, 1.165) is 28.6 Å². The van der Waals surface area contributed by atoms with Crippen LogP contribution in [0.2, 0.25) is 0 Å². The second-order valence-corrected chi connectivity index (χ2v) is 5.71. The zero-order chi connectivity index (χ0) is 14.4. The van der Waals surface area contributed by atoms with Crippen molar-refractivity contribution in [1.82, 2.24) is 0 Å². The number of halogens is 1. The fraction of sp³-hybridized carbons (Fsp3) is 0.600. The van der Waals surface area contributed by atoms with E-state index in [9.17, 15) is 10.2 Å². The lowest BCUT2D eigenvalue weighted by Crippen LogP contribution is -2.34.